The van der Waals surface area contributed by atoms with E-state index in [1.807, 2.05) is 96.8 Å². The third-order valence-electron chi connectivity index (χ3n) is 5.06. The largest absolute Gasteiger partial charge is 0.417 e. The van der Waals surface area contributed by atoms with E-state index in [1.165, 1.54) is 12.1 Å². The lowest BCUT2D eigenvalue weighted by molar-refractivity contribution is -0.136. The topological polar surface area (TPSA) is 0 Å². The first kappa shape index (κ1) is 20.3. The second kappa shape index (κ2) is 8.38. The first-order chi connectivity index (χ1) is 14.5. The summed E-state index contributed by atoms with van der Waals surface area (Å²) in [5, 5.41) is 2.09. The van der Waals surface area contributed by atoms with Crippen molar-refractivity contribution in [2.24, 2.45) is 0 Å². The van der Waals surface area contributed by atoms with E-state index in [0.717, 1.165) is 16.2 Å². The van der Waals surface area contributed by atoms with Crippen LogP contribution < -0.4 is 15.9 Å². The van der Waals surface area contributed by atoms with Crippen molar-refractivity contribution in [1.29, 1.82) is 0 Å². The predicted molar refractivity (Wildman–Crippen MR) is 122 cm³/mol. The van der Waals surface area contributed by atoms with Gasteiger partial charge in [0.15, 0.2) is 0 Å². The standard InChI is InChI=1S/C26H20F3P/c27-26(28,29)24-18-10-11-19-25(24)30(22-14-6-2-7-15-22,23-16-8-3-9-17-23)20-21-12-4-1-5-13-21/h1-20H. The third kappa shape index (κ3) is 3.86. The summed E-state index contributed by atoms with van der Waals surface area (Å²) in [5.41, 5.74) is 0.314. The Kier molecular flexibility index (Phi) is 5.65. The molecule has 0 aliphatic heterocycles. The van der Waals surface area contributed by atoms with E-state index in [0.29, 0.717) is 5.30 Å². The highest BCUT2D eigenvalue weighted by Crippen LogP contribution is 2.47. The van der Waals surface area contributed by atoms with E-state index in [9.17, 15) is 13.2 Å². The van der Waals surface area contributed by atoms with Gasteiger partial charge in [-0.2, -0.15) is 13.2 Å². The van der Waals surface area contributed by atoms with Gasteiger partial charge in [0, 0.05) is 0 Å². The van der Waals surface area contributed by atoms with Crippen LogP contribution in [-0.4, -0.2) is 5.80 Å². The van der Waals surface area contributed by atoms with Crippen LogP contribution >= 0.6 is 6.89 Å². The smallest absolute Gasteiger partial charge is 0.166 e. The molecule has 0 amide bonds. The predicted octanol–water partition coefficient (Wildman–Crippen LogP) is 5.85. The van der Waals surface area contributed by atoms with Gasteiger partial charge in [-0.1, -0.05) is 109 Å². The maximum absolute atomic E-state index is 14.2. The van der Waals surface area contributed by atoms with E-state index in [-0.39, 0.29) is 0 Å². The molecule has 0 unspecified atom stereocenters. The molecule has 0 N–H and O–H groups in total. The average molecular weight is 420 g/mol. The summed E-state index contributed by atoms with van der Waals surface area (Å²) in [6.45, 7) is -2.75. The zero-order valence-electron chi connectivity index (χ0n) is 16.1. The van der Waals surface area contributed by atoms with E-state index in [2.05, 4.69) is 0 Å². The summed E-state index contributed by atoms with van der Waals surface area (Å²) >= 11 is 0. The Morgan fingerprint density at radius 1 is 0.533 bits per heavy atom. The van der Waals surface area contributed by atoms with Crippen LogP contribution in [0.4, 0.5) is 13.2 Å². The highest BCUT2D eigenvalue weighted by molar-refractivity contribution is 7.94. The number of hydrogen-bond donors (Lipinski definition) is 0. The van der Waals surface area contributed by atoms with Crippen molar-refractivity contribution < 1.29 is 13.2 Å². The van der Waals surface area contributed by atoms with Crippen molar-refractivity contribution in [2.45, 2.75) is 6.18 Å². The van der Waals surface area contributed by atoms with Crippen LogP contribution in [0.15, 0.2) is 115 Å². The van der Waals surface area contributed by atoms with Crippen molar-refractivity contribution in [2.75, 3.05) is 0 Å². The Labute approximate surface area is 174 Å². The molecule has 30 heavy (non-hydrogen) atoms. The summed E-state index contributed by atoms with van der Waals surface area (Å²) < 4.78 is 42.5. The number of halogens is 3. The monoisotopic (exact) mass is 420 g/mol. The molecular formula is C26H20F3P. The molecule has 0 fully saturated rings. The lowest BCUT2D eigenvalue weighted by Crippen LogP contribution is -2.31. The molecule has 0 heterocycles. The van der Waals surface area contributed by atoms with Gasteiger partial charge in [0.1, 0.15) is 0 Å². The van der Waals surface area contributed by atoms with Crippen molar-refractivity contribution in [3.8, 4) is 0 Å². The fraction of sp³-hybridized carbons (Fsp3) is 0.0385. The van der Waals surface area contributed by atoms with Gasteiger partial charge in [0.05, 0.1) is 5.56 Å². The van der Waals surface area contributed by atoms with Gasteiger partial charge < -0.3 is 0 Å². The van der Waals surface area contributed by atoms with E-state index >= 15 is 0 Å². The maximum Gasteiger partial charge on any atom is 0.417 e. The van der Waals surface area contributed by atoms with Gasteiger partial charge in [0.2, 0.25) is 0 Å². The molecule has 4 aromatic rings. The molecular weight excluding hydrogens is 400 g/mol. The Hall–Kier alpha value is -3.03. The van der Waals surface area contributed by atoms with Crippen molar-refractivity contribution in [3.05, 3.63) is 126 Å². The molecule has 0 atom stereocenters. The van der Waals surface area contributed by atoms with Crippen LogP contribution in [-0.2, 0) is 6.18 Å². The Bertz CT molecular complexity index is 1120. The number of benzene rings is 4. The van der Waals surface area contributed by atoms with E-state index < -0.39 is 18.6 Å². The molecule has 0 radical (unpaired) electrons. The lowest BCUT2D eigenvalue weighted by Gasteiger charge is -2.31. The number of rotatable bonds is 4. The van der Waals surface area contributed by atoms with Crippen LogP contribution in [0.2, 0.25) is 0 Å². The minimum atomic E-state index is -4.45. The second-order valence-electron chi connectivity index (χ2n) is 6.95. The molecule has 4 heteroatoms. The van der Waals surface area contributed by atoms with Crippen LogP contribution in [0.3, 0.4) is 0 Å². The van der Waals surface area contributed by atoms with Crippen molar-refractivity contribution in [1.82, 2.24) is 0 Å². The molecule has 0 spiro atoms. The highest BCUT2D eigenvalue weighted by atomic mass is 31.2. The van der Waals surface area contributed by atoms with Crippen LogP contribution in [0.5, 0.6) is 0 Å². The van der Waals surface area contributed by atoms with Crippen LogP contribution in [0.1, 0.15) is 11.1 Å². The number of alkyl halides is 3. The normalized spacial score (nSPS) is 11.8. The van der Waals surface area contributed by atoms with Gasteiger partial charge in [-0.15, -0.1) is 0 Å². The summed E-state index contributed by atoms with van der Waals surface area (Å²) in [6.07, 6.45) is -4.45. The SMILES string of the molecule is FC(F)(F)c1ccccc1P(=Cc1ccccc1)(c1ccccc1)c1ccccc1. The van der Waals surface area contributed by atoms with E-state index in [1.54, 1.807) is 12.1 Å². The van der Waals surface area contributed by atoms with Gasteiger partial charge >= 0.3 is 6.18 Å². The summed E-state index contributed by atoms with van der Waals surface area (Å²) in [5.74, 6) is 2.04. The van der Waals surface area contributed by atoms with Gasteiger partial charge in [-0.3, -0.25) is 0 Å². The van der Waals surface area contributed by atoms with Crippen molar-refractivity contribution >= 4 is 28.6 Å². The number of hydrogen-bond acceptors (Lipinski definition) is 0. The van der Waals surface area contributed by atoms with Gasteiger partial charge in [0.25, 0.3) is 0 Å². The lowest BCUT2D eigenvalue weighted by atomic mass is 10.2. The molecule has 0 aromatic heterocycles. The average Bonchev–Trinajstić information content (AvgIpc) is 2.79. The Morgan fingerprint density at radius 3 is 1.47 bits per heavy atom. The zero-order chi connectivity index (χ0) is 21.0. The maximum atomic E-state index is 14.2. The van der Waals surface area contributed by atoms with E-state index in [4.69, 9.17) is 0 Å². The summed E-state index contributed by atoms with van der Waals surface area (Å²) in [4.78, 5) is 0. The molecule has 4 rings (SSSR count). The van der Waals surface area contributed by atoms with Crippen molar-refractivity contribution in [3.63, 3.8) is 0 Å². The third-order valence-corrected chi connectivity index (χ3v) is 9.12. The summed E-state index contributed by atoms with van der Waals surface area (Å²) in [7, 11) is 0. The molecule has 4 aromatic carbocycles. The van der Waals surface area contributed by atoms with Crippen LogP contribution in [0, 0.1) is 0 Å². The zero-order valence-corrected chi connectivity index (χ0v) is 17.0. The highest BCUT2D eigenvalue weighted by Gasteiger charge is 2.38. The second-order valence-corrected chi connectivity index (χ2v) is 10.2. The first-order valence-corrected chi connectivity index (χ1v) is 11.5. The Morgan fingerprint density at radius 2 is 0.967 bits per heavy atom. The Balaban J connectivity index is 2.20. The minimum absolute atomic E-state index is 0.318. The molecule has 0 nitrogen and oxygen atoms in total. The van der Waals surface area contributed by atoms with Gasteiger partial charge in [-0.25, -0.2) is 0 Å². The molecule has 0 saturated carbocycles. The fourth-order valence-corrected chi connectivity index (χ4v) is 7.85. The summed E-state index contributed by atoms with van der Waals surface area (Å²) in [6, 6.07) is 34.7. The molecule has 0 bridgehead atoms. The fourth-order valence-electron chi connectivity index (χ4n) is 3.76. The first-order valence-electron chi connectivity index (χ1n) is 9.59. The van der Waals surface area contributed by atoms with Crippen LogP contribution in [0.25, 0.3) is 0 Å². The molecule has 150 valence electrons. The quantitative estimate of drug-likeness (QED) is 0.364. The minimum Gasteiger partial charge on any atom is -0.166 e. The molecule has 0 aliphatic rings. The molecule has 0 saturated heterocycles. The van der Waals surface area contributed by atoms with Gasteiger partial charge in [-0.05, 0) is 40.2 Å². The molecule has 0 aliphatic carbocycles.